The van der Waals surface area contributed by atoms with Crippen LogP contribution in [-0.2, 0) is 6.54 Å². The van der Waals surface area contributed by atoms with E-state index in [9.17, 15) is 9.59 Å². The third-order valence-electron chi connectivity index (χ3n) is 4.56. The SMILES string of the molecule is CC(C)(C)C1c2c(C(N)=O)c(-c3cccc(Cl)c3)nn2CCN1C(N)=O. The zero-order valence-electron chi connectivity index (χ0n) is 15.0. The first-order valence-electron chi connectivity index (χ1n) is 8.33. The minimum atomic E-state index is -0.596. The number of urea groups is 1. The molecule has 1 aromatic heterocycles. The zero-order valence-corrected chi connectivity index (χ0v) is 15.7. The van der Waals surface area contributed by atoms with E-state index in [0.29, 0.717) is 40.6 Å². The van der Waals surface area contributed by atoms with Gasteiger partial charge < -0.3 is 16.4 Å². The Kier molecular flexibility index (Phi) is 4.44. The van der Waals surface area contributed by atoms with Gasteiger partial charge in [0.15, 0.2) is 0 Å². The average molecular weight is 376 g/mol. The number of halogens is 1. The van der Waals surface area contributed by atoms with Crippen LogP contribution in [0, 0.1) is 5.41 Å². The summed E-state index contributed by atoms with van der Waals surface area (Å²) in [4.78, 5) is 25.9. The molecule has 1 aromatic carbocycles. The standard InChI is InChI=1S/C18H22ClN5O2/c1-18(2,3)15-14-12(16(20)25)13(10-5-4-6-11(19)9-10)22-24(14)8-7-23(15)17(21)26/h4-6,9,15H,7-8H2,1-3H3,(H2,20,25)(H2,21,26). The van der Waals surface area contributed by atoms with E-state index in [4.69, 9.17) is 23.1 Å². The minimum absolute atomic E-state index is 0.304. The first kappa shape index (κ1) is 18.3. The minimum Gasteiger partial charge on any atom is -0.365 e. The number of rotatable bonds is 2. The van der Waals surface area contributed by atoms with Gasteiger partial charge in [-0.2, -0.15) is 5.10 Å². The molecular formula is C18H22ClN5O2. The number of benzene rings is 1. The fourth-order valence-electron chi connectivity index (χ4n) is 3.60. The highest BCUT2D eigenvalue weighted by Gasteiger charge is 2.42. The molecule has 0 saturated heterocycles. The Bertz CT molecular complexity index is 884. The van der Waals surface area contributed by atoms with Crippen LogP contribution < -0.4 is 11.5 Å². The number of primary amides is 2. The maximum atomic E-state index is 12.4. The van der Waals surface area contributed by atoms with Gasteiger partial charge in [-0.05, 0) is 17.5 Å². The lowest BCUT2D eigenvalue weighted by molar-refractivity contribution is 0.0899. The monoisotopic (exact) mass is 375 g/mol. The summed E-state index contributed by atoms with van der Waals surface area (Å²) < 4.78 is 1.76. The van der Waals surface area contributed by atoms with Gasteiger partial charge in [-0.25, -0.2) is 4.79 Å². The van der Waals surface area contributed by atoms with Crippen LogP contribution >= 0.6 is 11.6 Å². The van der Waals surface area contributed by atoms with Gasteiger partial charge in [0.2, 0.25) is 0 Å². The first-order valence-corrected chi connectivity index (χ1v) is 8.71. The van der Waals surface area contributed by atoms with E-state index in [1.165, 1.54) is 0 Å². The lowest BCUT2D eigenvalue weighted by Gasteiger charge is -2.42. The molecule has 0 spiro atoms. The summed E-state index contributed by atoms with van der Waals surface area (Å²) in [6.45, 7) is 6.81. The van der Waals surface area contributed by atoms with Gasteiger partial charge in [0.05, 0.1) is 23.8 Å². The number of fused-ring (bicyclic) bond motifs is 1. The van der Waals surface area contributed by atoms with Gasteiger partial charge in [0, 0.05) is 17.1 Å². The predicted octanol–water partition coefficient (Wildman–Crippen LogP) is 2.78. The number of nitrogens with zero attached hydrogens (tertiary/aromatic N) is 3. The zero-order chi connectivity index (χ0) is 19.2. The van der Waals surface area contributed by atoms with Crippen LogP contribution in [0.5, 0.6) is 0 Å². The van der Waals surface area contributed by atoms with Crippen molar-refractivity contribution in [3.63, 3.8) is 0 Å². The van der Waals surface area contributed by atoms with Gasteiger partial charge in [-0.15, -0.1) is 0 Å². The third-order valence-corrected chi connectivity index (χ3v) is 4.80. The molecule has 3 rings (SSSR count). The second-order valence-electron chi connectivity index (χ2n) is 7.51. The summed E-state index contributed by atoms with van der Waals surface area (Å²) in [5, 5.41) is 5.16. The molecule has 2 heterocycles. The van der Waals surface area contributed by atoms with Crippen LogP contribution in [0.25, 0.3) is 11.3 Å². The van der Waals surface area contributed by atoms with Crippen LogP contribution in [0.3, 0.4) is 0 Å². The van der Waals surface area contributed by atoms with Gasteiger partial charge in [0.1, 0.15) is 5.69 Å². The Morgan fingerprint density at radius 2 is 1.92 bits per heavy atom. The summed E-state index contributed by atoms with van der Waals surface area (Å²) in [6, 6.07) is 6.15. The molecule has 2 aromatic rings. The summed E-state index contributed by atoms with van der Waals surface area (Å²) in [6.07, 6.45) is 0. The van der Waals surface area contributed by atoms with E-state index in [2.05, 4.69) is 5.10 Å². The molecule has 0 bridgehead atoms. The van der Waals surface area contributed by atoms with Crippen LogP contribution in [0.15, 0.2) is 24.3 Å². The fourth-order valence-corrected chi connectivity index (χ4v) is 3.79. The average Bonchev–Trinajstić information content (AvgIpc) is 2.92. The highest BCUT2D eigenvalue weighted by Crippen LogP contribution is 2.43. The van der Waals surface area contributed by atoms with Crippen molar-refractivity contribution in [1.29, 1.82) is 0 Å². The van der Waals surface area contributed by atoms with E-state index in [1.807, 2.05) is 26.8 Å². The summed E-state index contributed by atoms with van der Waals surface area (Å²) >= 11 is 6.10. The van der Waals surface area contributed by atoms with Gasteiger partial charge in [-0.3, -0.25) is 9.48 Å². The lowest BCUT2D eigenvalue weighted by Crippen LogP contribution is -2.49. The smallest absolute Gasteiger partial charge is 0.315 e. The molecule has 3 amide bonds. The van der Waals surface area contributed by atoms with Crippen molar-refractivity contribution in [1.82, 2.24) is 14.7 Å². The van der Waals surface area contributed by atoms with Crippen molar-refractivity contribution in [2.24, 2.45) is 16.9 Å². The number of aromatic nitrogens is 2. The molecule has 0 fully saturated rings. The molecular weight excluding hydrogens is 354 g/mol. The predicted molar refractivity (Wildman–Crippen MR) is 99.7 cm³/mol. The number of amides is 3. The molecule has 1 atom stereocenters. The Balaban J connectivity index is 2.29. The number of hydrogen-bond acceptors (Lipinski definition) is 3. The molecule has 138 valence electrons. The topological polar surface area (TPSA) is 107 Å². The Morgan fingerprint density at radius 3 is 2.46 bits per heavy atom. The fraction of sp³-hybridized carbons (Fsp3) is 0.389. The second-order valence-corrected chi connectivity index (χ2v) is 7.94. The second kappa shape index (κ2) is 6.32. The molecule has 1 aliphatic rings. The molecule has 26 heavy (non-hydrogen) atoms. The van der Waals surface area contributed by atoms with E-state index in [1.54, 1.807) is 27.8 Å². The molecule has 0 saturated carbocycles. The highest BCUT2D eigenvalue weighted by molar-refractivity contribution is 6.30. The largest absolute Gasteiger partial charge is 0.365 e. The number of nitrogens with two attached hydrogens (primary N) is 2. The van der Waals surface area contributed by atoms with Crippen molar-refractivity contribution < 1.29 is 9.59 Å². The highest BCUT2D eigenvalue weighted by atomic mass is 35.5. The van der Waals surface area contributed by atoms with Crippen molar-refractivity contribution >= 4 is 23.5 Å². The molecule has 8 heteroatoms. The molecule has 0 aliphatic carbocycles. The maximum Gasteiger partial charge on any atom is 0.315 e. The lowest BCUT2D eigenvalue weighted by atomic mass is 9.81. The van der Waals surface area contributed by atoms with Crippen molar-refractivity contribution in [2.45, 2.75) is 33.4 Å². The molecule has 4 N–H and O–H groups in total. The Labute approximate surface area is 156 Å². The van der Waals surface area contributed by atoms with Crippen LogP contribution in [-0.4, -0.2) is 33.2 Å². The van der Waals surface area contributed by atoms with E-state index in [0.717, 1.165) is 0 Å². The van der Waals surface area contributed by atoms with Crippen molar-refractivity contribution in [3.8, 4) is 11.3 Å². The quantitative estimate of drug-likeness (QED) is 0.842. The van der Waals surface area contributed by atoms with Crippen LogP contribution in [0.1, 0.15) is 42.9 Å². The number of hydrogen-bond donors (Lipinski definition) is 2. The van der Waals surface area contributed by atoms with Crippen molar-refractivity contribution in [2.75, 3.05) is 6.54 Å². The third kappa shape index (κ3) is 3.03. The molecule has 0 radical (unpaired) electrons. The van der Waals surface area contributed by atoms with Crippen LogP contribution in [0.4, 0.5) is 4.79 Å². The summed E-state index contributed by atoms with van der Waals surface area (Å²) in [5.74, 6) is -0.596. The summed E-state index contributed by atoms with van der Waals surface area (Å²) in [5.41, 5.74) is 13.0. The van der Waals surface area contributed by atoms with Crippen LogP contribution in [0.2, 0.25) is 5.02 Å². The van der Waals surface area contributed by atoms with Crippen molar-refractivity contribution in [3.05, 3.63) is 40.5 Å². The molecule has 1 unspecified atom stereocenters. The van der Waals surface area contributed by atoms with E-state index >= 15 is 0 Å². The van der Waals surface area contributed by atoms with Gasteiger partial charge in [-0.1, -0.05) is 44.5 Å². The van der Waals surface area contributed by atoms with Gasteiger partial charge in [0.25, 0.3) is 5.91 Å². The Hall–Kier alpha value is -2.54. The Morgan fingerprint density at radius 1 is 1.23 bits per heavy atom. The maximum absolute atomic E-state index is 12.4. The van der Waals surface area contributed by atoms with E-state index in [-0.39, 0.29) is 5.41 Å². The van der Waals surface area contributed by atoms with E-state index < -0.39 is 18.0 Å². The first-order chi connectivity index (χ1) is 12.1. The molecule has 7 nitrogen and oxygen atoms in total. The number of carbonyl (C=O) groups excluding carboxylic acids is 2. The molecule has 1 aliphatic heterocycles. The normalized spacial score (nSPS) is 17.1. The number of carbonyl (C=O) groups is 2. The van der Waals surface area contributed by atoms with Gasteiger partial charge >= 0.3 is 6.03 Å². The summed E-state index contributed by atoms with van der Waals surface area (Å²) in [7, 11) is 0.